The summed E-state index contributed by atoms with van der Waals surface area (Å²) in [6.45, 7) is 2.13. The third-order valence-corrected chi connectivity index (χ3v) is 6.43. The van der Waals surface area contributed by atoms with E-state index in [-0.39, 0.29) is 17.5 Å². The van der Waals surface area contributed by atoms with Gasteiger partial charge in [-0.1, -0.05) is 12.1 Å². The van der Waals surface area contributed by atoms with E-state index in [1.54, 1.807) is 7.11 Å². The molecule has 1 aliphatic heterocycles. The van der Waals surface area contributed by atoms with Gasteiger partial charge >= 0.3 is 0 Å². The predicted molar refractivity (Wildman–Crippen MR) is 105 cm³/mol. The maximum absolute atomic E-state index is 11.8. The Morgan fingerprint density at radius 3 is 2.48 bits per heavy atom. The number of rotatable bonds is 7. The van der Waals surface area contributed by atoms with Gasteiger partial charge in [-0.2, -0.15) is 0 Å². The highest BCUT2D eigenvalue weighted by Crippen LogP contribution is 2.18. The molecular formula is C17H27N3O3S2. The molecule has 8 heteroatoms. The summed E-state index contributed by atoms with van der Waals surface area (Å²) in [6, 6.07) is 7.75. The SMILES string of the molecule is COc1ccc(CNC(=S)N(CCN(C)C)[C@H]2CCS(=O)(=O)C2)cc1. The third kappa shape index (κ3) is 6.13. The summed E-state index contributed by atoms with van der Waals surface area (Å²) in [5.41, 5.74) is 1.09. The molecule has 0 unspecified atom stereocenters. The van der Waals surface area contributed by atoms with Crippen molar-refractivity contribution in [1.29, 1.82) is 0 Å². The molecule has 1 aliphatic rings. The summed E-state index contributed by atoms with van der Waals surface area (Å²) in [6.07, 6.45) is 0.639. The Kier molecular flexibility index (Phi) is 7.04. The monoisotopic (exact) mass is 385 g/mol. The fourth-order valence-electron chi connectivity index (χ4n) is 2.80. The third-order valence-electron chi connectivity index (χ3n) is 4.30. The molecule has 0 amide bonds. The van der Waals surface area contributed by atoms with Gasteiger partial charge in [0.15, 0.2) is 14.9 Å². The lowest BCUT2D eigenvalue weighted by Gasteiger charge is -2.32. The first-order chi connectivity index (χ1) is 11.8. The molecule has 0 saturated carbocycles. The zero-order chi connectivity index (χ0) is 18.4. The lowest BCUT2D eigenvalue weighted by Crippen LogP contribution is -2.48. The number of thiocarbonyl (C=S) groups is 1. The molecule has 0 aromatic heterocycles. The van der Waals surface area contributed by atoms with E-state index in [0.29, 0.717) is 24.6 Å². The van der Waals surface area contributed by atoms with Crippen LogP contribution in [-0.2, 0) is 16.4 Å². The van der Waals surface area contributed by atoms with Crippen LogP contribution in [0.1, 0.15) is 12.0 Å². The molecule has 1 aromatic rings. The van der Waals surface area contributed by atoms with Crippen LogP contribution in [0.5, 0.6) is 5.75 Å². The van der Waals surface area contributed by atoms with E-state index >= 15 is 0 Å². The van der Waals surface area contributed by atoms with E-state index in [1.807, 2.05) is 43.3 Å². The van der Waals surface area contributed by atoms with E-state index in [0.717, 1.165) is 17.9 Å². The van der Waals surface area contributed by atoms with E-state index in [9.17, 15) is 8.42 Å². The number of benzene rings is 1. The second-order valence-electron chi connectivity index (χ2n) is 6.56. The van der Waals surface area contributed by atoms with Gasteiger partial charge in [-0.15, -0.1) is 0 Å². The summed E-state index contributed by atoms with van der Waals surface area (Å²) >= 11 is 5.56. The molecule has 0 spiro atoms. The molecule has 25 heavy (non-hydrogen) atoms. The molecule has 1 heterocycles. The molecule has 6 nitrogen and oxygen atoms in total. The molecule has 2 rings (SSSR count). The van der Waals surface area contributed by atoms with Crippen LogP contribution in [0, 0.1) is 0 Å². The Morgan fingerprint density at radius 1 is 1.28 bits per heavy atom. The summed E-state index contributed by atoms with van der Waals surface area (Å²) in [7, 11) is 2.69. The van der Waals surface area contributed by atoms with Crippen molar-refractivity contribution in [2.24, 2.45) is 0 Å². The first-order valence-electron chi connectivity index (χ1n) is 8.33. The fourth-order valence-corrected chi connectivity index (χ4v) is 4.84. The number of ether oxygens (including phenoxy) is 1. The minimum absolute atomic E-state index is 0.0409. The zero-order valence-corrected chi connectivity index (χ0v) is 16.7. The quantitative estimate of drug-likeness (QED) is 0.706. The van der Waals surface area contributed by atoms with Gasteiger partial charge in [-0.25, -0.2) is 8.42 Å². The average Bonchev–Trinajstić information content (AvgIpc) is 2.93. The largest absolute Gasteiger partial charge is 0.497 e. The van der Waals surface area contributed by atoms with Gasteiger partial charge in [-0.3, -0.25) is 0 Å². The van der Waals surface area contributed by atoms with Crippen LogP contribution in [0.4, 0.5) is 0 Å². The Morgan fingerprint density at radius 2 is 1.96 bits per heavy atom. The van der Waals surface area contributed by atoms with Crippen molar-refractivity contribution >= 4 is 27.2 Å². The number of hydrogen-bond donors (Lipinski definition) is 1. The molecule has 1 aromatic carbocycles. The molecule has 1 atom stereocenters. The maximum Gasteiger partial charge on any atom is 0.169 e. The van der Waals surface area contributed by atoms with Crippen molar-refractivity contribution in [3.05, 3.63) is 29.8 Å². The van der Waals surface area contributed by atoms with E-state index in [1.165, 1.54) is 0 Å². The van der Waals surface area contributed by atoms with Gasteiger partial charge in [0.2, 0.25) is 0 Å². The highest BCUT2D eigenvalue weighted by atomic mass is 32.2. The van der Waals surface area contributed by atoms with Crippen LogP contribution in [-0.4, -0.2) is 75.2 Å². The molecule has 0 aliphatic carbocycles. The number of hydrogen-bond acceptors (Lipinski definition) is 5. The number of sulfone groups is 1. The van der Waals surface area contributed by atoms with Crippen LogP contribution >= 0.6 is 12.2 Å². The van der Waals surface area contributed by atoms with Gasteiger partial charge in [0.05, 0.1) is 18.6 Å². The number of likely N-dealkylation sites (N-methyl/N-ethyl adjacent to an activating group) is 1. The van der Waals surface area contributed by atoms with Gasteiger partial charge in [0, 0.05) is 25.7 Å². The molecule has 1 N–H and O–H groups in total. The minimum Gasteiger partial charge on any atom is -0.497 e. The highest BCUT2D eigenvalue weighted by Gasteiger charge is 2.33. The topological polar surface area (TPSA) is 61.9 Å². The summed E-state index contributed by atoms with van der Waals surface area (Å²) in [4.78, 5) is 4.10. The molecule has 140 valence electrons. The molecular weight excluding hydrogens is 358 g/mol. The molecule has 0 bridgehead atoms. The molecule has 1 fully saturated rings. The standard InChI is InChI=1S/C17H27N3O3S2/c1-19(2)9-10-20(15-8-11-25(21,22)13-15)17(24)18-12-14-4-6-16(23-3)7-5-14/h4-7,15H,8-13H2,1-3H3,(H,18,24)/t15-/m0/s1. The Labute approximate surface area is 156 Å². The van der Waals surface area contributed by atoms with Gasteiger partial charge in [0.25, 0.3) is 0 Å². The Bertz CT molecular complexity index is 675. The summed E-state index contributed by atoms with van der Waals surface area (Å²) in [5.74, 6) is 1.25. The fraction of sp³-hybridized carbons (Fsp3) is 0.588. The van der Waals surface area contributed by atoms with E-state index < -0.39 is 9.84 Å². The lowest BCUT2D eigenvalue weighted by atomic mass is 10.2. The number of methoxy groups -OCH3 is 1. The van der Waals surface area contributed by atoms with Crippen molar-refractivity contribution in [1.82, 2.24) is 15.1 Å². The van der Waals surface area contributed by atoms with Gasteiger partial charge < -0.3 is 19.9 Å². The van der Waals surface area contributed by atoms with Gasteiger partial charge in [-0.05, 0) is 50.4 Å². The van der Waals surface area contributed by atoms with Crippen molar-refractivity contribution in [3.63, 3.8) is 0 Å². The number of nitrogens with one attached hydrogen (secondary N) is 1. The maximum atomic E-state index is 11.8. The second kappa shape index (κ2) is 8.82. The Balaban J connectivity index is 1.98. The van der Waals surface area contributed by atoms with Crippen LogP contribution < -0.4 is 10.1 Å². The van der Waals surface area contributed by atoms with Crippen molar-refractivity contribution in [3.8, 4) is 5.75 Å². The number of nitrogens with zero attached hydrogens (tertiary/aromatic N) is 2. The summed E-state index contributed by atoms with van der Waals surface area (Å²) < 4.78 is 28.8. The highest BCUT2D eigenvalue weighted by molar-refractivity contribution is 7.91. The van der Waals surface area contributed by atoms with Gasteiger partial charge in [0.1, 0.15) is 5.75 Å². The van der Waals surface area contributed by atoms with Crippen LogP contribution in [0.3, 0.4) is 0 Å². The van der Waals surface area contributed by atoms with Crippen molar-refractivity contribution < 1.29 is 13.2 Å². The average molecular weight is 386 g/mol. The zero-order valence-electron chi connectivity index (χ0n) is 15.1. The predicted octanol–water partition coefficient (Wildman–Crippen LogP) is 1.12. The van der Waals surface area contributed by atoms with E-state index in [2.05, 4.69) is 10.2 Å². The first-order valence-corrected chi connectivity index (χ1v) is 10.6. The summed E-state index contributed by atoms with van der Waals surface area (Å²) in [5, 5.41) is 3.88. The van der Waals surface area contributed by atoms with Crippen molar-refractivity contribution in [2.75, 3.05) is 45.8 Å². The van der Waals surface area contributed by atoms with Crippen molar-refractivity contribution in [2.45, 2.75) is 19.0 Å². The first kappa shape index (κ1) is 19.9. The van der Waals surface area contributed by atoms with Crippen LogP contribution in [0.15, 0.2) is 24.3 Å². The second-order valence-corrected chi connectivity index (χ2v) is 9.18. The van der Waals surface area contributed by atoms with Crippen LogP contribution in [0.25, 0.3) is 0 Å². The molecule has 0 radical (unpaired) electrons. The smallest absolute Gasteiger partial charge is 0.169 e. The lowest BCUT2D eigenvalue weighted by molar-refractivity contribution is 0.283. The molecule has 1 saturated heterocycles. The van der Waals surface area contributed by atoms with Crippen LogP contribution in [0.2, 0.25) is 0 Å². The van der Waals surface area contributed by atoms with E-state index in [4.69, 9.17) is 17.0 Å². The Hall–Kier alpha value is -1.38. The normalized spacial score (nSPS) is 19.0. The minimum atomic E-state index is -2.94.